The molecule has 5 nitrogen and oxygen atoms in total. The number of hydrogen-bond donors (Lipinski definition) is 2. The molecule has 2 N–H and O–H groups in total. The van der Waals surface area contributed by atoms with Gasteiger partial charge in [0.15, 0.2) is 0 Å². The molecule has 0 spiro atoms. The molecule has 1 aliphatic rings. The average molecular weight is 332 g/mol. The molecule has 2 atom stereocenters. The zero-order valence-corrected chi connectivity index (χ0v) is 13.5. The van der Waals surface area contributed by atoms with Crippen LogP contribution in [0.5, 0.6) is 0 Å². The molecule has 3 rings (SSSR count). The second kappa shape index (κ2) is 7.05. The number of furan rings is 1. The Morgan fingerprint density at radius 2 is 2.33 bits per heavy atom. The summed E-state index contributed by atoms with van der Waals surface area (Å²) in [7, 11) is 0. The summed E-state index contributed by atoms with van der Waals surface area (Å²) in [6, 6.07) is 7.73. The Bertz CT molecular complexity index is 702. The zero-order valence-electron chi connectivity index (χ0n) is 13.5. The maximum absolute atomic E-state index is 13.6. The van der Waals surface area contributed by atoms with E-state index >= 15 is 0 Å². The van der Waals surface area contributed by atoms with E-state index in [0.717, 1.165) is 12.8 Å². The highest BCUT2D eigenvalue weighted by molar-refractivity contribution is 5.89. The van der Waals surface area contributed by atoms with Crippen molar-refractivity contribution in [2.24, 2.45) is 0 Å². The highest BCUT2D eigenvalue weighted by Crippen LogP contribution is 2.28. The van der Waals surface area contributed by atoms with Crippen LogP contribution in [0.1, 0.15) is 36.7 Å². The lowest BCUT2D eigenvalue weighted by molar-refractivity contribution is 0.110. The first-order valence-corrected chi connectivity index (χ1v) is 8.10. The lowest BCUT2D eigenvalue weighted by Gasteiger charge is -2.26. The lowest BCUT2D eigenvalue weighted by Crippen LogP contribution is -2.39. The normalized spacial score (nSPS) is 18.6. The number of hydrogen-bond acceptors (Lipinski definition) is 3. The predicted molar refractivity (Wildman–Crippen MR) is 88.2 cm³/mol. The number of nitrogens with one attached hydrogen (secondary N) is 1. The fourth-order valence-corrected chi connectivity index (χ4v) is 3.07. The smallest absolute Gasteiger partial charge is 0.322 e. The number of carbonyl (C=O) groups excluding carboxylic acids is 1. The largest absolute Gasteiger partial charge is 0.467 e. The zero-order chi connectivity index (χ0) is 17.1. The molecule has 0 aliphatic carbocycles. The number of aliphatic hydroxyl groups is 1. The Balaban J connectivity index is 1.63. The van der Waals surface area contributed by atoms with Crippen molar-refractivity contribution in [1.29, 1.82) is 0 Å². The van der Waals surface area contributed by atoms with E-state index in [1.54, 1.807) is 36.1 Å². The van der Waals surface area contributed by atoms with E-state index in [9.17, 15) is 14.3 Å². The minimum absolute atomic E-state index is 0.0691. The number of anilines is 1. The van der Waals surface area contributed by atoms with Crippen LogP contribution in [0.3, 0.4) is 0 Å². The third-order valence-electron chi connectivity index (χ3n) is 4.43. The molecule has 0 bridgehead atoms. The molecule has 24 heavy (non-hydrogen) atoms. The van der Waals surface area contributed by atoms with Gasteiger partial charge in [-0.1, -0.05) is 6.07 Å². The van der Waals surface area contributed by atoms with Crippen molar-refractivity contribution in [3.8, 4) is 0 Å². The number of amides is 2. The minimum Gasteiger partial charge on any atom is -0.467 e. The molecule has 2 aromatic rings. The predicted octanol–water partition coefficient (Wildman–Crippen LogP) is 3.85. The standard InChI is InChI=1S/C18H21FN2O3/c1-12-6-7-13(10-15(12)19)20-18(23)21-8-2-4-14(21)11-16(22)17-5-3-9-24-17/h3,5-7,9-10,14,16,22H,2,4,8,11H2,1H3,(H,20,23). The Morgan fingerprint density at radius 1 is 1.50 bits per heavy atom. The van der Waals surface area contributed by atoms with E-state index in [4.69, 9.17) is 4.42 Å². The van der Waals surface area contributed by atoms with Crippen molar-refractivity contribution >= 4 is 11.7 Å². The van der Waals surface area contributed by atoms with Gasteiger partial charge in [-0.3, -0.25) is 0 Å². The summed E-state index contributed by atoms with van der Waals surface area (Å²) in [5, 5.41) is 13.0. The van der Waals surface area contributed by atoms with Crippen LogP contribution in [0.2, 0.25) is 0 Å². The van der Waals surface area contributed by atoms with E-state index in [1.807, 2.05) is 0 Å². The first-order valence-electron chi connectivity index (χ1n) is 8.10. The number of benzene rings is 1. The molecule has 1 aromatic carbocycles. The van der Waals surface area contributed by atoms with Crippen molar-refractivity contribution < 1.29 is 18.7 Å². The molecule has 2 unspecified atom stereocenters. The summed E-state index contributed by atoms with van der Waals surface area (Å²) in [5.74, 6) is 0.155. The van der Waals surface area contributed by atoms with Crippen molar-refractivity contribution in [3.63, 3.8) is 0 Å². The van der Waals surface area contributed by atoms with Gasteiger partial charge in [0.05, 0.1) is 6.26 Å². The molecule has 1 aliphatic heterocycles. The van der Waals surface area contributed by atoms with Crippen molar-refractivity contribution in [3.05, 3.63) is 53.7 Å². The molecular weight excluding hydrogens is 311 g/mol. The molecule has 1 fully saturated rings. The quantitative estimate of drug-likeness (QED) is 0.894. The molecule has 2 heterocycles. The fourth-order valence-electron chi connectivity index (χ4n) is 3.07. The third-order valence-corrected chi connectivity index (χ3v) is 4.43. The summed E-state index contributed by atoms with van der Waals surface area (Å²) >= 11 is 0. The Labute approximate surface area is 140 Å². The van der Waals surface area contributed by atoms with Gasteiger partial charge in [-0.2, -0.15) is 0 Å². The molecule has 1 aromatic heterocycles. The maximum Gasteiger partial charge on any atom is 0.322 e. The van der Waals surface area contributed by atoms with Crippen LogP contribution in [0.4, 0.5) is 14.9 Å². The van der Waals surface area contributed by atoms with E-state index < -0.39 is 6.10 Å². The highest BCUT2D eigenvalue weighted by atomic mass is 19.1. The molecule has 1 saturated heterocycles. The van der Waals surface area contributed by atoms with Gasteiger partial charge >= 0.3 is 6.03 Å². The van der Waals surface area contributed by atoms with Crippen LogP contribution in [0.15, 0.2) is 41.0 Å². The topological polar surface area (TPSA) is 65.7 Å². The average Bonchev–Trinajstić information content (AvgIpc) is 3.22. The van der Waals surface area contributed by atoms with Gasteiger partial charge in [-0.15, -0.1) is 0 Å². The first kappa shape index (κ1) is 16.5. The summed E-state index contributed by atoms with van der Waals surface area (Å²) in [4.78, 5) is 14.2. The summed E-state index contributed by atoms with van der Waals surface area (Å²) in [6.45, 7) is 2.29. The lowest BCUT2D eigenvalue weighted by atomic mass is 10.1. The number of likely N-dealkylation sites (tertiary alicyclic amines) is 1. The van der Waals surface area contributed by atoms with Crippen LogP contribution < -0.4 is 5.32 Å². The SMILES string of the molecule is Cc1ccc(NC(=O)N2CCCC2CC(O)c2ccco2)cc1F. The van der Waals surface area contributed by atoms with Crippen LogP contribution in [-0.2, 0) is 0 Å². The number of halogens is 1. The molecule has 0 saturated carbocycles. The van der Waals surface area contributed by atoms with E-state index in [1.165, 1.54) is 12.3 Å². The van der Waals surface area contributed by atoms with Gasteiger partial charge in [-0.25, -0.2) is 9.18 Å². The van der Waals surface area contributed by atoms with Crippen LogP contribution in [-0.4, -0.2) is 28.6 Å². The fraction of sp³-hybridized carbons (Fsp3) is 0.389. The van der Waals surface area contributed by atoms with Gasteiger partial charge in [-0.05, 0) is 49.6 Å². The third kappa shape index (κ3) is 3.59. The van der Waals surface area contributed by atoms with Gasteiger partial charge in [0, 0.05) is 24.7 Å². The van der Waals surface area contributed by atoms with Crippen molar-refractivity contribution in [2.45, 2.75) is 38.3 Å². The molecule has 2 amide bonds. The molecule has 128 valence electrons. The first-order chi connectivity index (χ1) is 11.5. The van der Waals surface area contributed by atoms with E-state index in [2.05, 4.69) is 5.32 Å². The minimum atomic E-state index is -0.741. The number of urea groups is 1. The van der Waals surface area contributed by atoms with Crippen molar-refractivity contribution in [1.82, 2.24) is 4.90 Å². The summed E-state index contributed by atoms with van der Waals surface area (Å²) in [5.41, 5.74) is 0.967. The highest BCUT2D eigenvalue weighted by Gasteiger charge is 2.31. The summed E-state index contributed by atoms with van der Waals surface area (Å²) in [6.07, 6.45) is 2.90. The maximum atomic E-state index is 13.6. The number of carbonyl (C=O) groups is 1. The number of aliphatic hydroxyl groups excluding tert-OH is 1. The molecule has 0 radical (unpaired) electrons. The van der Waals surface area contributed by atoms with Crippen LogP contribution in [0, 0.1) is 12.7 Å². The number of nitrogens with zero attached hydrogens (tertiary/aromatic N) is 1. The summed E-state index contributed by atoms with van der Waals surface area (Å²) < 4.78 is 18.8. The number of aryl methyl sites for hydroxylation is 1. The Hall–Kier alpha value is -2.34. The Kier molecular flexibility index (Phi) is 4.85. The van der Waals surface area contributed by atoms with Gasteiger partial charge < -0.3 is 19.7 Å². The van der Waals surface area contributed by atoms with E-state index in [-0.39, 0.29) is 17.9 Å². The van der Waals surface area contributed by atoms with Crippen LogP contribution in [0.25, 0.3) is 0 Å². The van der Waals surface area contributed by atoms with Gasteiger partial charge in [0.25, 0.3) is 0 Å². The second-order valence-corrected chi connectivity index (χ2v) is 6.15. The second-order valence-electron chi connectivity index (χ2n) is 6.15. The van der Waals surface area contributed by atoms with Gasteiger partial charge in [0.2, 0.25) is 0 Å². The monoisotopic (exact) mass is 332 g/mol. The van der Waals surface area contributed by atoms with Crippen LogP contribution >= 0.6 is 0 Å². The van der Waals surface area contributed by atoms with Crippen molar-refractivity contribution in [2.75, 3.05) is 11.9 Å². The van der Waals surface area contributed by atoms with Gasteiger partial charge in [0.1, 0.15) is 17.7 Å². The number of rotatable bonds is 4. The van der Waals surface area contributed by atoms with E-state index in [0.29, 0.717) is 30.0 Å². The molecular formula is C18H21FN2O3. The Morgan fingerprint density at radius 3 is 3.04 bits per heavy atom. The molecule has 6 heteroatoms.